The van der Waals surface area contributed by atoms with Crippen molar-refractivity contribution in [3.05, 3.63) is 0 Å². The molecule has 1 amide bonds. The fraction of sp³-hybridized carbons (Fsp3) is 0.867. The zero-order valence-corrected chi connectivity index (χ0v) is 13.5. The van der Waals surface area contributed by atoms with E-state index < -0.39 is 0 Å². The van der Waals surface area contributed by atoms with E-state index in [0.29, 0.717) is 45.9 Å². The van der Waals surface area contributed by atoms with Gasteiger partial charge in [-0.05, 0) is 6.92 Å². The summed E-state index contributed by atoms with van der Waals surface area (Å²) >= 11 is 0. The second-order valence-electron chi connectivity index (χ2n) is 5.67. The normalized spacial score (nSPS) is 20.9. The van der Waals surface area contributed by atoms with Gasteiger partial charge in [-0.25, -0.2) is 0 Å². The van der Waals surface area contributed by atoms with Crippen molar-refractivity contribution < 1.29 is 19.1 Å². The van der Waals surface area contributed by atoms with E-state index in [4.69, 9.17) is 9.47 Å². The molecule has 2 saturated heterocycles. The lowest BCUT2D eigenvalue weighted by Gasteiger charge is -2.35. The zero-order chi connectivity index (χ0) is 15.8. The molecule has 2 rings (SSSR count). The molecule has 0 aliphatic carbocycles. The third-order valence-corrected chi connectivity index (χ3v) is 4.13. The highest BCUT2D eigenvalue weighted by Gasteiger charge is 2.23. The molecule has 2 aliphatic rings. The average Bonchev–Trinajstić information content (AvgIpc) is 2.55. The topological polar surface area (TPSA) is 62.3 Å². The Hall–Kier alpha value is -1.18. The molecule has 0 unspecified atom stereocenters. The molecule has 0 aromatic heterocycles. The summed E-state index contributed by atoms with van der Waals surface area (Å²) in [5.74, 6) is 0.0655. The van der Waals surface area contributed by atoms with Crippen molar-refractivity contribution in [1.82, 2.24) is 14.7 Å². The number of piperazine rings is 1. The van der Waals surface area contributed by atoms with Crippen molar-refractivity contribution in [3.63, 3.8) is 0 Å². The number of hydrogen-bond donors (Lipinski definition) is 0. The molecule has 0 atom stereocenters. The van der Waals surface area contributed by atoms with Gasteiger partial charge in [-0.15, -0.1) is 0 Å². The fourth-order valence-electron chi connectivity index (χ4n) is 2.76. The first-order chi connectivity index (χ1) is 10.7. The maximum absolute atomic E-state index is 12.2. The lowest BCUT2D eigenvalue weighted by molar-refractivity contribution is -0.143. The van der Waals surface area contributed by atoms with Crippen molar-refractivity contribution >= 4 is 11.9 Å². The second-order valence-corrected chi connectivity index (χ2v) is 5.67. The number of morpholine rings is 1. The van der Waals surface area contributed by atoms with Gasteiger partial charge >= 0.3 is 5.97 Å². The highest BCUT2D eigenvalue weighted by Crippen LogP contribution is 2.05. The molecule has 2 aliphatic heterocycles. The standard InChI is InChI=1S/C15H27N3O4/c1-2-22-15(20)3-4-16-5-7-17(8-6-16)13-14(19)18-9-11-21-12-10-18/h2-13H2,1H3. The van der Waals surface area contributed by atoms with E-state index in [-0.39, 0.29) is 11.9 Å². The summed E-state index contributed by atoms with van der Waals surface area (Å²) in [6, 6.07) is 0. The van der Waals surface area contributed by atoms with Crippen molar-refractivity contribution in [1.29, 1.82) is 0 Å². The molecule has 0 aromatic rings. The summed E-state index contributed by atoms with van der Waals surface area (Å²) in [5, 5.41) is 0. The molecule has 2 heterocycles. The number of rotatable bonds is 6. The van der Waals surface area contributed by atoms with Crippen molar-refractivity contribution in [2.45, 2.75) is 13.3 Å². The van der Waals surface area contributed by atoms with E-state index in [9.17, 15) is 9.59 Å². The van der Waals surface area contributed by atoms with Crippen LogP contribution in [0, 0.1) is 0 Å². The van der Waals surface area contributed by atoms with E-state index in [1.807, 2.05) is 11.8 Å². The molecule has 126 valence electrons. The van der Waals surface area contributed by atoms with Gasteiger partial charge in [0.25, 0.3) is 0 Å². The molecule has 7 nitrogen and oxygen atoms in total. The summed E-state index contributed by atoms with van der Waals surface area (Å²) < 4.78 is 10.2. The molecule has 0 saturated carbocycles. The summed E-state index contributed by atoms with van der Waals surface area (Å²) in [7, 11) is 0. The third-order valence-electron chi connectivity index (χ3n) is 4.13. The molecule has 0 N–H and O–H groups in total. The predicted octanol–water partition coefficient (Wildman–Crippen LogP) is -0.584. The maximum atomic E-state index is 12.2. The number of carbonyl (C=O) groups excluding carboxylic acids is 2. The average molecular weight is 313 g/mol. The number of carbonyl (C=O) groups is 2. The molecule has 0 radical (unpaired) electrons. The van der Waals surface area contributed by atoms with E-state index in [1.54, 1.807) is 0 Å². The first kappa shape index (κ1) is 17.2. The van der Waals surface area contributed by atoms with Gasteiger partial charge in [-0.3, -0.25) is 14.5 Å². The van der Waals surface area contributed by atoms with Crippen molar-refractivity contribution in [2.24, 2.45) is 0 Å². The SMILES string of the molecule is CCOC(=O)CCN1CCN(CC(=O)N2CCOCC2)CC1. The molecule has 2 fully saturated rings. The van der Waals surface area contributed by atoms with Crippen LogP contribution < -0.4 is 0 Å². The number of nitrogens with zero attached hydrogens (tertiary/aromatic N) is 3. The van der Waals surface area contributed by atoms with Crippen LogP contribution in [-0.4, -0.2) is 98.8 Å². The van der Waals surface area contributed by atoms with E-state index in [1.165, 1.54) is 0 Å². The molecule has 0 spiro atoms. The molecule has 22 heavy (non-hydrogen) atoms. The summed E-state index contributed by atoms with van der Waals surface area (Å²) in [4.78, 5) is 29.9. The lowest BCUT2D eigenvalue weighted by Crippen LogP contribution is -2.51. The van der Waals surface area contributed by atoms with Crippen LogP contribution in [0.2, 0.25) is 0 Å². The summed E-state index contributed by atoms with van der Waals surface area (Å²) in [5.41, 5.74) is 0. The predicted molar refractivity (Wildman–Crippen MR) is 81.5 cm³/mol. The Morgan fingerprint density at radius 1 is 1.00 bits per heavy atom. The molecule has 0 bridgehead atoms. The van der Waals surface area contributed by atoms with Crippen LogP contribution >= 0.6 is 0 Å². The van der Waals surface area contributed by atoms with Gasteiger partial charge in [0.1, 0.15) is 0 Å². The monoisotopic (exact) mass is 313 g/mol. The Morgan fingerprint density at radius 2 is 1.64 bits per heavy atom. The van der Waals surface area contributed by atoms with Gasteiger partial charge < -0.3 is 19.3 Å². The highest BCUT2D eigenvalue weighted by molar-refractivity contribution is 5.78. The van der Waals surface area contributed by atoms with Crippen LogP contribution in [0.4, 0.5) is 0 Å². The van der Waals surface area contributed by atoms with Crippen LogP contribution in [0.25, 0.3) is 0 Å². The minimum absolute atomic E-state index is 0.132. The van der Waals surface area contributed by atoms with E-state index >= 15 is 0 Å². The van der Waals surface area contributed by atoms with E-state index in [0.717, 1.165) is 32.7 Å². The van der Waals surface area contributed by atoms with Crippen LogP contribution in [0.1, 0.15) is 13.3 Å². The summed E-state index contributed by atoms with van der Waals surface area (Å²) in [6.07, 6.45) is 0.445. The van der Waals surface area contributed by atoms with E-state index in [2.05, 4.69) is 9.80 Å². The molecular weight excluding hydrogens is 286 g/mol. The minimum atomic E-state index is -0.132. The molecule has 0 aromatic carbocycles. The number of ether oxygens (including phenoxy) is 2. The Bertz CT molecular complexity index is 364. The van der Waals surface area contributed by atoms with Crippen LogP contribution in [0.15, 0.2) is 0 Å². The third kappa shape index (κ3) is 5.55. The first-order valence-corrected chi connectivity index (χ1v) is 8.15. The van der Waals surface area contributed by atoms with Gasteiger partial charge in [-0.1, -0.05) is 0 Å². The molecular formula is C15H27N3O4. The maximum Gasteiger partial charge on any atom is 0.307 e. The number of esters is 1. The Morgan fingerprint density at radius 3 is 2.27 bits per heavy atom. The largest absolute Gasteiger partial charge is 0.466 e. The Balaban J connectivity index is 1.62. The lowest BCUT2D eigenvalue weighted by atomic mass is 10.2. The zero-order valence-electron chi connectivity index (χ0n) is 13.5. The highest BCUT2D eigenvalue weighted by atomic mass is 16.5. The Labute approximate surface area is 132 Å². The van der Waals surface area contributed by atoms with Gasteiger partial charge in [0.05, 0.1) is 32.8 Å². The van der Waals surface area contributed by atoms with Crippen LogP contribution in [0.5, 0.6) is 0 Å². The quantitative estimate of drug-likeness (QED) is 0.611. The number of amides is 1. The minimum Gasteiger partial charge on any atom is -0.466 e. The van der Waals surface area contributed by atoms with Crippen LogP contribution in [-0.2, 0) is 19.1 Å². The first-order valence-electron chi connectivity index (χ1n) is 8.15. The number of hydrogen-bond acceptors (Lipinski definition) is 6. The van der Waals surface area contributed by atoms with Crippen LogP contribution in [0.3, 0.4) is 0 Å². The van der Waals surface area contributed by atoms with Crippen molar-refractivity contribution in [2.75, 3.05) is 72.2 Å². The van der Waals surface area contributed by atoms with Gasteiger partial charge in [-0.2, -0.15) is 0 Å². The van der Waals surface area contributed by atoms with Gasteiger partial charge in [0.2, 0.25) is 5.91 Å². The van der Waals surface area contributed by atoms with Gasteiger partial charge in [0.15, 0.2) is 0 Å². The smallest absolute Gasteiger partial charge is 0.307 e. The fourth-order valence-corrected chi connectivity index (χ4v) is 2.76. The Kier molecular flexibility index (Phi) is 7.08. The molecule has 7 heteroatoms. The second kappa shape index (κ2) is 9.07. The van der Waals surface area contributed by atoms with Crippen molar-refractivity contribution in [3.8, 4) is 0 Å². The van der Waals surface area contributed by atoms with Gasteiger partial charge in [0, 0.05) is 45.8 Å². The summed E-state index contributed by atoms with van der Waals surface area (Å²) in [6.45, 7) is 9.75.